The van der Waals surface area contributed by atoms with Crippen LogP contribution in [0.1, 0.15) is 13.2 Å². The first-order valence-electron chi connectivity index (χ1n) is 5.86. The van der Waals surface area contributed by atoms with Crippen LogP contribution in [0.15, 0.2) is 21.9 Å². The van der Waals surface area contributed by atoms with Crippen LogP contribution in [-0.2, 0) is 14.3 Å². The third kappa shape index (κ3) is 2.79. The third-order valence-electron chi connectivity index (χ3n) is 2.91. The van der Waals surface area contributed by atoms with Gasteiger partial charge in [-0.25, -0.2) is 4.79 Å². The van der Waals surface area contributed by atoms with Crippen molar-refractivity contribution in [1.82, 2.24) is 9.55 Å². The van der Waals surface area contributed by atoms with Gasteiger partial charge in [0.25, 0.3) is 5.56 Å². The number of carbonyl (C=O) groups is 1. The van der Waals surface area contributed by atoms with Crippen LogP contribution in [0.4, 0.5) is 0 Å². The highest BCUT2D eigenvalue weighted by Crippen LogP contribution is 2.28. The molecule has 0 spiro atoms. The topological polar surface area (TPSA) is 131 Å². The smallest absolute Gasteiger partial charge is 0.330 e. The largest absolute Gasteiger partial charge is 0.463 e. The van der Waals surface area contributed by atoms with Crippen molar-refractivity contribution in [3.8, 4) is 0 Å². The van der Waals surface area contributed by atoms with E-state index in [4.69, 9.17) is 9.47 Å². The Bertz CT molecular complexity index is 607. The molecule has 1 aromatic heterocycles. The molecule has 0 saturated carbocycles. The van der Waals surface area contributed by atoms with E-state index in [-0.39, 0.29) is 6.61 Å². The van der Waals surface area contributed by atoms with Gasteiger partial charge in [-0.3, -0.25) is 19.1 Å². The maximum atomic E-state index is 11.6. The minimum Gasteiger partial charge on any atom is -0.463 e. The molecule has 2 rings (SSSR count). The molecule has 0 unspecified atom stereocenters. The Labute approximate surface area is 112 Å². The molecule has 3 N–H and O–H groups in total. The highest BCUT2D eigenvalue weighted by molar-refractivity contribution is 5.65. The highest BCUT2D eigenvalue weighted by atomic mass is 16.6. The van der Waals surface area contributed by atoms with E-state index in [1.165, 1.54) is 6.92 Å². The zero-order chi connectivity index (χ0) is 14.9. The molecule has 1 fully saturated rings. The normalized spacial score (nSPS) is 29.4. The number of hydrogen-bond acceptors (Lipinski definition) is 7. The number of aliphatic hydroxyl groups excluding tert-OH is 2. The average Bonchev–Trinajstić information content (AvgIpc) is 2.64. The van der Waals surface area contributed by atoms with E-state index in [0.717, 1.165) is 16.8 Å². The molecular weight excluding hydrogens is 272 g/mol. The van der Waals surface area contributed by atoms with E-state index in [1.54, 1.807) is 0 Å². The Hall–Kier alpha value is -1.97. The molecule has 0 amide bonds. The summed E-state index contributed by atoms with van der Waals surface area (Å²) < 4.78 is 11.0. The Kier molecular flexibility index (Phi) is 4.02. The predicted molar refractivity (Wildman–Crippen MR) is 63.9 cm³/mol. The summed E-state index contributed by atoms with van der Waals surface area (Å²) in [4.78, 5) is 35.3. The maximum absolute atomic E-state index is 11.6. The van der Waals surface area contributed by atoms with Crippen molar-refractivity contribution < 1.29 is 24.5 Å². The third-order valence-corrected chi connectivity index (χ3v) is 2.91. The van der Waals surface area contributed by atoms with Gasteiger partial charge in [0, 0.05) is 19.2 Å². The summed E-state index contributed by atoms with van der Waals surface area (Å²) in [7, 11) is 0. The number of H-pyrrole nitrogens is 1. The van der Waals surface area contributed by atoms with Gasteiger partial charge in [0.05, 0.1) is 0 Å². The van der Waals surface area contributed by atoms with Crippen molar-refractivity contribution >= 4 is 5.97 Å². The summed E-state index contributed by atoms with van der Waals surface area (Å²) in [5.41, 5.74) is -1.36. The molecule has 110 valence electrons. The number of carbonyl (C=O) groups excluding carboxylic acids is 1. The fourth-order valence-electron chi connectivity index (χ4n) is 1.92. The minimum atomic E-state index is -1.39. The van der Waals surface area contributed by atoms with Crippen LogP contribution in [0.5, 0.6) is 0 Å². The second-order valence-electron chi connectivity index (χ2n) is 4.37. The summed E-state index contributed by atoms with van der Waals surface area (Å²) in [6.07, 6.45) is -3.69. The fraction of sp³-hybridized carbons (Fsp3) is 0.545. The van der Waals surface area contributed by atoms with Crippen molar-refractivity contribution in [2.75, 3.05) is 6.61 Å². The lowest BCUT2D eigenvalue weighted by Gasteiger charge is -2.16. The summed E-state index contributed by atoms with van der Waals surface area (Å²) >= 11 is 0. The van der Waals surface area contributed by atoms with Crippen molar-refractivity contribution in [1.29, 1.82) is 0 Å². The Morgan fingerprint density at radius 2 is 2.15 bits per heavy atom. The molecule has 1 aromatic rings. The quantitative estimate of drug-likeness (QED) is 0.533. The van der Waals surface area contributed by atoms with Gasteiger partial charge in [0.15, 0.2) is 6.23 Å². The standard InChI is InChI=1S/C11H14N2O7/c1-5(14)19-4-6-8(16)9(17)10(20-6)13-3-2-7(15)12-11(13)18/h2-3,6,8-10,16-17H,4H2,1H3,(H,12,15,18)/t6-,8+,9-,10-/m0/s1. The zero-order valence-electron chi connectivity index (χ0n) is 10.6. The van der Waals surface area contributed by atoms with Crippen molar-refractivity contribution in [3.05, 3.63) is 33.1 Å². The predicted octanol–water partition coefficient (Wildman–Crippen LogP) is -2.28. The molecule has 0 aromatic carbocycles. The lowest BCUT2D eigenvalue weighted by molar-refractivity contribution is -0.147. The van der Waals surface area contributed by atoms with E-state index in [0.29, 0.717) is 0 Å². The number of hydrogen-bond donors (Lipinski definition) is 3. The van der Waals surface area contributed by atoms with Crippen molar-refractivity contribution in [2.24, 2.45) is 0 Å². The van der Waals surface area contributed by atoms with E-state index in [1.807, 2.05) is 4.98 Å². The molecule has 9 heteroatoms. The second-order valence-corrected chi connectivity index (χ2v) is 4.37. The summed E-state index contributed by atoms with van der Waals surface area (Å²) in [6, 6.07) is 1.09. The number of ether oxygens (including phenoxy) is 2. The molecule has 1 saturated heterocycles. The van der Waals surface area contributed by atoms with Gasteiger partial charge in [0.2, 0.25) is 0 Å². The second kappa shape index (κ2) is 5.57. The summed E-state index contributed by atoms with van der Waals surface area (Å²) in [5, 5.41) is 19.7. The molecular formula is C11H14N2O7. The average molecular weight is 286 g/mol. The molecule has 0 radical (unpaired) electrons. The summed E-state index contributed by atoms with van der Waals surface area (Å²) in [5.74, 6) is -0.556. The molecule has 0 aliphatic carbocycles. The van der Waals surface area contributed by atoms with Gasteiger partial charge in [-0.2, -0.15) is 0 Å². The van der Waals surface area contributed by atoms with Gasteiger partial charge < -0.3 is 19.7 Å². The molecule has 0 bridgehead atoms. The number of aromatic amines is 1. The lowest BCUT2D eigenvalue weighted by Crippen LogP contribution is -2.37. The number of esters is 1. The number of aliphatic hydroxyl groups is 2. The first-order chi connectivity index (χ1) is 9.40. The molecule has 1 aliphatic heterocycles. The monoisotopic (exact) mass is 286 g/mol. The minimum absolute atomic E-state index is 0.248. The van der Waals surface area contributed by atoms with E-state index >= 15 is 0 Å². The van der Waals surface area contributed by atoms with Crippen LogP contribution in [-0.4, -0.2) is 50.7 Å². The molecule has 4 atom stereocenters. The number of rotatable bonds is 3. The zero-order valence-corrected chi connectivity index (χ0v) is 10.6. The van der Waals surface area contributed by atoms with Crippen molar-refractivity contribution in [3.63, 3.8) is 0 Å². The van der Waals surface area contributed by atoms with Crippen LogP contribution in [0, 0.1) is 0 Å². The van der Waals surface area contributed by atoms with E-state index in [2.05, 4.69) is 0 Å². The van der Waals surface area contributed by atoms with Gasteiger partial charge in [-0.05, 0) is 0 Å². The first kappa shape index (κ1) is 14.4. The van der Waals surface area contributed by atoms with Gasteiger partial charge in [0.1, 0.15) is 24.9 Å². The van der Waals surface area contributed by atoms with E-state index in [9.17, 15) is 24.6 Å². The number of nitrogens with one attached hydrogen (secondary N) is 1. The number of aromatic nitrogens is 2. The summed E-state index contributed by atoms with van der Waals surface area (Å²) in [6.45, 7) is 0.948. The van der Waals surface area contributed by atoms with Crippen LogP contribution >= 0.6 is 0 Å². The SMILES string of the molecule is CC(=O)OC[C@@H]1O[C@H](n2ccc(=O)[nH]c2=O)[C@@H](O)[C@@H]1O. The lowest BCUT2D eigenvalue weighted by atomic mass is 10.1. The Morgan fingerprint density at radius 1 is 1.45 bits per heavy atom. The van der Waals surface area contributed by atoms with Crippen LogP contribution in [0.2, 0.25) is 0 Å². The molecule has 20 heavy (non-hydrogen) atoms. The first-order valence-corrected chi connectivity index (χ1v) is 5.86. The maximum Gasteiger partial charge on any atom is 0.330 e. The molecule has 2 heterocycles. The van der Waals surface area contributed by atoms with Crippen LogP contribution < -0.4 is 11.2 Å². The van der Waals surface area contributed by atoms with Crippen molar-refractivity contribution in [2.45, 2.75) is 31.5 Å². The van der Waals surface area contributed by atoms with Gasteiger partial charge >= 0.3 is 11.7 Å². The Balaban J connectivity index is 2.19. The van der Waals surface area contributed by atoms with Gasteiger partial charge in [-0.15, -0.1) is 0 Å². The molecule has 9 nitrogen and oxygen atoms in total. The highest BCUT2D eigenvalue weighted by Gasteiger charge is 2.44. The Morgan fingerprint density at radius 3 is 2.75 bits per heavy atom. The van der Waals surface area contributed by atoms with Gasteiger partial charge in [-0.1, -0.05) is 0 Å². The fourth-order valence-corrected chi connectivity index (χ4v) is 1.92. The van der Waals surface area contributed by atoms with Crippen LogP contribution in [0.25, 0.3) is 0 Å². The molecule has 1 aliphatic rings. The van der Waals surface area contributed by atoms with Crippen LogP contribution in [0.3, 0.4) is 0 Å². The number of nitrogens with zero attached hydrogens (tertiary/aromatic N) is 1. The van der Waals surface area contributed by atoms with E-state index < -0.39 is 41.8 Å².